The predicted molar refractivity (Wildman–Crippen MR) is 420 cm³/mol. The molecule has 57 heteroatoms. The molecular weight excluding hydrogens is 1840 g/mol. The van der Waals surface area contributed by atoms with Crippen LogP contribution in [0.2, 0.25) is 10.6 Å². The first-order chi connectivity index (χ1) is 55.8. The predicted octanol–water partition coefficient (Wildman–Crippen LogP) is 12.3. The van der Waals surface area contributed by atoms with Crippen molar-refractivity contribution in [2.24, 2.45) is 36.4 Å². The second kappa shape index (κ2) is 42.3. The van der Waals surface area contributed by atoms with Crippen molar-refractivity contribution in [3.63, 3.8) is 0 Å². The number of aromatic hydroxyl groups is 1. The number of nitrogens with one attached hydrogen (secondary N) is 3. The van der Waals surface area contributed by atoms with E-state index in [1.807, 2.05) is 0 Å². The molecule has 0 aliphatic heterocycles. The Labute approximate surface area is 702 Å². The number of amidine groups is 1. The summed E-state index contributed by atoms with van der Waals surface area (Å²) in [5.41, 5.74) is 5.58. The van der Waals surface area contributed by atoms with Crippen molar-refractivity contribution >= 4 is 206 Å². The molecule has 119 heavy (non-hydrogen) atoms. The van der Waals surface area contributed by atoms with E-state index in [1.54, 1.807) is 50.2 Å². The van der Waals surface area contributed by atoms with Gasteiger partial charge >= 0.3 is 37.9 Å². The summed E-state index contributed by atoms with van der Waals surface area (Å²) in [7, 11) is -27.4. The topological polar surface area (TPSA) is 671 Å². The minimum atomic E-state index is -4.96. The number of halogens is 2. The van der Waals surface area contributed by atoms with Gasteiger partial charge in [-0.3, -0.25) is 28.4 Å². The molecule has 0 fully saturated rings. The van der Waals surface area contributed by atoms with Gasteiger partial charge in [-0.25, -0.2) is 46.4 Å². The Bertz CT molecular complexity index is 6180. The molecule has 0 spiro atoms. The number of hydrogen-bond acceptors (Lipinski definition) is 42. The molecule has 8 aromatic carbocycles. The third-order valence-corrected chi connectivity index (χ3v) is 22.3. The van der Waals surface area contributed by atoms with Crippen LogP contribution >= 0.6 is 47.3 Å². The number of aliphatic imine (C=N–C) groups is 1. The smallest absolute Gasteiger partial charge is 0.631 e. The van der Waals surface area contributed by atoms with Gasteiger partial charge in [0.2, 0.25) is 40.8 Å². The molecule has 2 aromatic heterocycles. The maximum absolute atomic E-state index is 12.7. The van der Waals surface area contributed by atoms with E-state index in [1.165, 1.54) is 108 Å². The van der Waals surface area contributed by atoms with Crippen LogP contribution in [0.5, 0.6) is 5.75 Å². The first kappa shape index (κ1) is 94.4. The van der Waals surface area contributed by atoms with Crippen molar-refractivity contribution in [1.82, 2.24) is 29.9 Å². The standard InChI is InChI=1S/C33H30ClN9O15S4.C29H26ClN9O13S4.Cu/c1-2-43(22-9-12-24(13-10-22)60(47,48)15-14-56-62(52,53)54)33-37-31(34)36-32(38-33)35-27-17-25(61(49,50)51)18-28(29(27)44)40-42-30(20-6-4-3-5-7-20)41-39-26-16-23(59-58-57-46)11-8-21(26)19-55-45;1-16-10-20(53-52-51-40)11-17-12-26(55(43,44)45)25(14-22(16)17)39-38-23-7-4-19(13-24(23)32-15-49-31)34-29-36-27(30)35-28(37-29)33-18-2-5-21(6-3-18)54(41,42)9-8-50-56(46,47)48;/h3-13,16-19H,2,14-15H2,1H3,(H6-,35,36,37,38,39,40,41,42,44,45,46,49,50,51,52,53,54);2-7,10-15,40H,8-9,31H2,1H3,(H,43,44,45)(H,46,47,48)(H2,33,34,35,36,37);/q-2;;+2. The van der Waals surface area contributed by atoms with Crippen LogP contribution in [0.15, 0.2) is 212 Å². The van der Waals surface area contributed by atoms with E-state index >= 15 is 0 Å². The molecule has 0 saturated heterocycles. The number of hydrogen-bond donors (Lipinski definition) is 12. The van der Waals surface area contributed by atoms with E-state index in [4.69, 9.17) is 54.0 Å². The summed E-state index contributed by atoms with van der Waals surface area (Å²) >= 11 is 13.7. The number of phenolic OH excluding ortho intramolecular Hbond substituents is 1. The van der Waals surface area contributed by atoms with E-state index in [0.717, 1.165) is 25.1 Å². The molecule has 0 saturated carbocycles. The average molecular weight is 1890 g/mol. The van der Waals surface area contributed by atoms with Gasteiger partial charge in [-0.1, -0.05) is 40.4 Å². The third-order valence-electron chi connectivity index (χ3n) is 14.8. The van der Waals surface area contributed by atoms with Crippen molar-refractivity contribution in [1.29, 1.82) is 0 Å². The Morgan fingerprint density at radius 3 is 1.76 bits per heavy atom. The largest absolute Gasteiger partial charge is 2.00 e. The van der Waals surface area contributed by atoms with Crippen LogP contribution in [0, 0.1) is 13.5 Å². The van der Waals surface area contributed by atoms with Crippen LogP contribution in [0.4, 0.5) is 75.0 Å². The van der Waals surface area contributed by atoms with E-state index in [-0.39, 0.29) is 102 Å². The number of aryl methyl sites for hydroxylation is 1. The number of nitrogens with two attached hydrogens (primary N) is 1. The molecule has 635 valence electrons. The zero-order valence-electron chi connectivity index (χ0n) is 59.5. The zero-order chi connectivity index (χ0) is 85.8. The van der Waals surface area contributed by atoms with Crippen molar-refractivity contribution in [3.05, 3.63) is 191 Å². The third kappa shape index (κ3) is 28.0. The van der Waals surface area contributed by atoms with Gasteiger partial charge in [0, 0.05) is 39.0 Å². The molecule has 0 aliphatic carbocycles. The van der Waals surface area contributed by atoms with Gasteiger partial charge in [-0.05, 0) is 163 Å². The Morgan fingerprint density at radius 1 is 0.597 bits per heavy atom. The average Bonchev–Trinajstić information content (AvgIpc) is 0.784. The molecule has 10 rings (SSSR count). The van der Waals surface area contributed by atoms with Gasteiger partial charge in [0.15, 0.2) is 31.3 Å². The summed E-state index contributed by atoms with van der Waals surface area (Å²) in [4.78, 5) is 38.1. The fraction of sp³-hybridized carbons (Fsp3) is 0.113. The second-order valence-electron chi connectivity index (χ2n) is 22.6. The summed E-state index contributed by atoms with van der Waals surface area (Å²) in [6, 6.07) is 34.9. The fourth-order valence-electron chi connectivity index (χ4n) is 9.72. The first-order valence-corrected chi connectivity index (χ1v) is 43.0. The van der Waals surface area contributed by atoms with Crippen LogP contribution in [0.1, 0.15) is 23.6 Å². The van der Waals surface area contributed by atoms with Gasteiger partial charge in [0.25, 0.3) is 20.2 Å². The van der Waals surface area contributed by atoms with Gasteiger partial charge in [0.05, 0.1) is 74.9 Å². The number of phenols is 1. The summed E-state index contributed by atoms with van der Waals surface area (Å²) in [5, 5.41) is 73.9. The fourth-order valence-corrected chi connectivity index (χ4v) is 15.1. The van der Waals surface area contributed by atoms with Gasteiger partial charge in [0.1, 0.15) is 22.0 Å². The van der Waals surface area contributed by atoms with Crippen LogP contribution in [0.25, 0.3) is 16.2 Å². The van der Waals surface area contributed by atoms with Gasteiger partial charge < -0.3 is 41.3 Å². The number of fused-ring (bicyclic) bond motifs is 1. The van der Waals surface area contributed by atoms with E-state index < -0.39 is 112 Å². The van der Waals surface area contributed by atoms with Crippen LogP contribution in [-0.2, 0) is 115 Å². The molecular formula is C62H56Cl2CuN18O28S8. The first-order valence-electron chi connectivity index (χ1n) is 31.8. The number of rotatable bonds is 37. The zero-order valence-corrected chi connectivity index (χ0v) is 68.5. The Kier molecular flexibility index (Phi) is 33.5. The summed E-state index contributed by atoms with van der Waals surface area (Å²) in [5.74, 6) is 2.20. The molecule has 0 atom stereocenters. The van der Waals surface area contributed by atoms with Gasteiger partial charge in [-0.15, -0.1) is 41.3 Å². The number of nitrogens with zero attached hydrogens (tertiary/aromatic N) is 14. The summed E-state index contributed by atoms with van der Waals surface area (Å²) in [6.07, 6.45) is 0.897. The Morgan fingerprint density at radius 2 is 1.18 bits per heavy atom. The minimum Gasteiger partial charge on any atom is -0.631 e. The quantitative estimate of drug-likeness (QED) is 0.00164. The molecule has 13 N–H and O–H groups in total. The number of aromatic nitrogens is 6. The van der Waals surface area contributed by atoms with Gasteiger partial charge in [-0.2, -0.15) is 81.1 Å². The minimum absolute atomic E-state index is 0. The van der Waals surface area contributed by atoms with E-state index in [9.17, 15) is 64.7 Å². The van der Waals surface area contributed by atoms with E-state index in [2.05, 4.69) is 119 Å². The van der Waals surface area contributed by atoms with Crippen molar-refractivity contribution in [2.45, 2.75) is 43.2 Å². The molecule has 2 heterocycles. The molecule has 1 radical (unpaired) electrons. The molecule has 0 bridgehead atoms. The summed E-state index contributed by atoms with van der Waals surface area (Å²) < 4.78 is 197. The normalized spacial score (nSPS) is 12.3. The second-order valence-corrected chi connectivity index (χ2v) is 34.0. The van der Waals surface area contributed by atoms with Crippen LogP contribution < -0.4 is 26.7 Å². The monoisotopic (exact) mass is 1890 g/mol. The molecule has 0 unspecified atom stereocenters. The van der Waals surface area contributed by atoms with Crippen LogP contribution in [-0.4, -0.2) is 163 Å². The maximum atomic E-state index is 12.7. The summed E-state index contributed by atoms with van der Waals surface area (Å²) in [6.45, 7) is 2.94. The van der Waals surface area contributed by atoms with Crippen molar-refractivity contribution in [2.75, 3.05) is 52.1 Å². The number of anilines is 8. The number of azo groups is 2. The molecule has 46 nitrogen and oxygen atoms in total. The van der Waals surface area contributed by atoms with Crippen molar-refractivity contribution < 1.29 is 144 Å². The maximum Gasteiger partial charge on any atom is 2.00 e. The van der Waals surface area contributed by atoms with Crippen LogP contribution in [0.3, 0.4) is 0 Å². The number of benzene rings is 8. The molecule has 0 aliphatic rings. The molecule has 0 amide bonds. The van der Waals surface area contributed by atoms with E-state index in [0.29, 0.717) is 72.8 Å². The Balaban J connectivity index is 0.000000295. The SMILES string of the molecule is CCN(c1ccc(S(=O)(=O)CCOS(=O)(=O)O)cc1)c1nc(Cl)nc(Nc2cc(S(=O)(=O)O)cc(N=NC(=N[N-]c3cc(SOOO)ccc3[CH-]OO)c3ccccc3)c2O)n1.Cc1cc(SOOO)cc2cc(S(=O)(=O)O)c(N=Nc3ccc(Nc4nc(Cl)nc(Nc5ccc(S(=O)(=O)CCOS(=O)(=O)O)cc5)n4)cc3N=CON)cc12.[Cu+2]. The molecule has 10 aromatic rings. The Hall–Kier alpha value is -10.1. The number of sulfone groups is 2. The van der Waals surface area contributed by atoms with Crippen molar-refractivity contribution in [3.8, 4) is 5.75 Å².